The SMILES string of the molecule is CNc1cccc(CCOc2ccc3[nH]cc(C(CC(=O)O)c4cnc5ccccc5c4)c3c2)n1. The van der Waals surface area contributed by atoms with Gasteiger partial charge in [-0.2, -0.15) is 0 Å². The van der Waals surface area contributed by atoms with Gasteiger partial charge in [-0.25, -0.2) is 4.98 Å². The Bertz CT molecular complexity index is 1490. The summed E-state index contributed by atoms with van der Waals surface area (Å²) in [7, 11) is 1.85. The molecule has 0 radical (unpaired) electrons. The number of para-hydroxylation sites is 1. The molecule has 0 saturated heterocycles. The van der Waals surface area contributed by atoms with Crippen LogP contribution in [0.3, 0.4) is 0 Å². The zero-order valence-electron chi connectivity index (χ0n) is 19.4. The Labute approximate surface area is 202 Å². The Balaban J connectivity index is 1.42. The molecule has 5 aromatic rings. The third-order valence-corrected chi connectivity index (χ3v) is 6.14. The zero-order chi connectivity index (χ0) is 24.2. The number of nitrogens with one attached hydrogen (secondary N) is 2. The van der Waals surface area contributed by atoms with Crippen molar-refractivity contribution in [2.75, 3.05) is 19.0 Å². The van der Waals surface area contributed by atoms with Gasteiger partial charge in [0, 0.05) is 53.8 Å². The number of pyridine rings is 2. The van der Waals surface area contributed by atoms with Crippen LogP contribution in [0.4, 0.5) is 5.82 Å². The molecule has 5 rings (SSSR count). The van der Waals surface area contributed by atoms with Gasteiger partial charge >= 0.3 is 5.97 Å². The second-order valence-corrected chi connectivity index (χ2v) is 8.43. The molecule has 1 unspecified atom stereocenters. The quantitative estimate of drug-likeness (QED) is 0.270. The van der Waals surface area contributed by atoms with Crippen LogP contribution in [0.25, 0.3) is 21.8 Å². The highest BCUT2D eigenvalue weighted by atomic mass is 16.5. The van der Waals surface area contributed by atoms with Gasteiger partial charge in [0.15, 0.2) is 0 Å². The van der Waals surface area contributed by atoms with Crippen LogP contribution in [0.2, 0.25) is 0 Å². The molecule has 7 heteroatoms. The standard InChI is InChI=1S/C28H26N4O3/c1-29-27-8-4-6-20(32-27)11-12-35-21-9-10-26-23(14-21)24(17-31-26)22(15-28(33)34)19-13-18-5-2-3-7-25(18)30-16-19/h2-10,13-14,16-17,22,31H,11-12,15H2,1H3,(H,29,32)(H,33,34). The van der Waals surface area contributed by atoms with Crippen LogP contribution in [0.1, 0.15) is 29.2 Å². The number of aromatic amines is 1. The maximum absolute atomic E-state index is 11.8. The molecule has 7 nitrogen and oxygen atoms in total. The molecule has 3 heterocycles. The van der Waals surface area contributed by atoms with E-state index >= 15 is 0 Å². The molecular weight excluding hydrogens is 440 g/mol. The lowest BCUT2D eigenvalue weighted by Gasteiger charge is -2.16. The first-order valence-corrected chi connectivity index (χ1v) is 11.5. The smallest absolute Gasteiger partial charge is 0.304 e. The molecule has 3 aromatic heterocycles. The maximum Gasteiger partial charge on any atom is 0.304 e. The van der Waals surface area contributed by atoms with Crippen LogP contribution in [0.5, 0.6) is 5.75 Å². The molecule has 0 fully saturated rings. The van der Waals surface area contributed by atoms with E-state index in [0.717, 1.165) is 50.2 Å². The van der Waals surface area contributed by atoms with E-state index in [1.54, 1.807) is 6.20 Å². The first-order valence-electron chi connectivity index (χ1n) is 11.5. The molecule has 0 bridgehead atoms. The largest absolute Gasteiger partial charge is 0.493 e. The number of anilines is 1. The number of aromatic nitrogens is 3. The van der Waals surface area contributed by atoms with Gasteiger partial charge in [0.2, 0.25) is 0 Å². The monoisotopic (exact) mass is 466 g/mol. The first-order chi connectivity index (χ1) is 17.1. The third kappa shape index (κ3) is 4.94. The molecule has 1 atom stereocenters. The van der Waals surface area contributed by atoms with Crippen molar-refractivity contribution >= 4 is 33.6 Å². The van der Waals surface area contributed by atoms with Crippen molar-refractivity contribution in [3.8, 4) is 5.75 Å². The summed E-state index contributed by atoms with van der Waals surface area (Å²) in [6.07, 6.45) is 4.31. The van der Waals surface area contributed by atoms with Gasteiger partial charge in [-0.15, -0.1) is 0 Å². The number of hydrogen-bond donors (Lipinski definition) is 3. The van der Waals surface area contributed by atoms with E-state index in [4.69, 9.17) is 4.74 Å². The van der Waals surface area contributed by atoms with E-state index < -0.39 is 5.97 Å². The molecule has 176 valence electrons. The fraction of sp³-hybridized carbons (Fsp3) is 0.179. The second kappa shape index (κ2) is 9.85. The normalized spacial score (nSPS) is 12.0. The van der Waals surface area contributed by atoms with Crippen molar-refractivity contribution in [2.45, 2.75) is 18.8 Å². The molecule has 35 heavy (non-hydrogen) atoms. The number of aliphatic carboxylic acids is 1. The number of carboxylic acids is 1. The van der Waals surface area contributed by atoms with Crippen LogP contribution >= 0.6 is 0 Å². The van der Waals surface area contributed by atoms with E-state index in [2.05, 4.69) is 20.3 Å². The van der Waals surface area contributed by atoms with Crippen molar-refractivity contribution in [1.82, 2.24) is 15.0 Å². The number of ether oxygens (including phenoxy) is 1. The summed E-state index contributed by atoms with van der Waals surface area (Å²) >= 11 is 0. The summed E-state index contributed by atoms with van der Waals surface area (Å²) in [5, 5.41) is 14.7. The van der Waals surface area contributed by atoms with E-state index in [9.17, 15) is 9.90 Å². The highest BCUT2D eigenvalue weighted by Gasteiger charge is 2.22. The summed E-state index contributed by atoms with van der Waals surface area (Å²) in [4.78, 5) is 24.2. The topological polar surface area (TPSA) is 100 Å². The van der Waals surface area contributed by atoms with Crippen LogP contribution < -0.4 is 10.1 Å². The molecule has 0 aliphatic heterocycles. The predicted octanol–water partition coefficient (Wildman–Crippen LogP) is 5.38. The second-order valence-electron chi connectivity index (χ2n) is 8.43. The molecule has 0 aliphatic rings. The van der Waals surface area contributed by atoms with Gasteiger partial charge in [0.05, 0.1) is 18.5 Å². The van der Waals surface area contributed by atoms with E-state index in [1.807, 2.05) is 80.0 Å². The summed E-state index contributed by atoms with van der Waals surface area (Å²) in [5.74, 6) is 0.352. The van der Waals surface area contributed by atoms with E-state index in [0.29, 0.717) is 13.0 Å². The fourth-order valence-electron chi connectivity index (χ4n) is 4.39. The Morgan fingerprint density at radius 2 is 2.00 bits per heavy atom. The van der Waals surface area contributed by atoms with Crippen LogP contribution in [0, 0.1) is 0 Å². The lowest BCUT2D eigenvalue weighted by Crippen LogP contribution is -2.08. The first kappa shape index (κ1) is 22.4. The van der Waals surface area contributed by atoms with Crippen LogP contribution in [0.15, 0.2) is 79.1 Å². The average Bonchev–Trinajstić information content (AvgIpc) is 3.30. The van der Waals surface area contributed by atoms with Crippen molar-refractivity contribution in [1.29, 1.82) is 0 Å². The number of benzene rings is 2. The van der Waals surface area contributed by atoms with Crippen LogP contribution in [-0.4, -0.2) is 39.7 Å². The summed E-state index contributed by atoms with van der Waals surface area (Å²) < 4.78 is 6.04. The summed E-state index contributed by atoms with van der Waals surface area (Å²) in [6, 6.07) is 21.6. The van der Waals surface area contributed by atoms with E-state index in [1.165, 1.54) is 0 Å². The molecular formula is C28H26N4O3. The highest BCUT2D eigenvalue weighted by molar-refractivity contribution is 5.87. The van der Waals surface area contributed by atoms with Crippen molar-refractivity contribution < 1.29 is 14.6 Å². The Hall–Kier alpha value is -4.39. The summed E-state index contributed by atoms with van der Waals surface area (Å²) in [6.45, 7) is 0.485. The van der Waals surface area contributed by atoms with Gasteiger partial charge in [0.1, 0.15) is 11.6 Å². The molecule has 2 aromatic carbocycles. The number of nitrogens with zero attached hydrogens (tertiary/aromatic N) is 2. The van der Waals surface area contributed by atoms with Gasteiger partial charge in [-0.1, -0.05) is 24.3 Å². The third-order valence-electron chi connectivity index (χ3n) is 6.14. The molecule has 0 aliphatic carbocycles. The molecule has 0 amide bonds. The fourth-order valence-corrected chi connectivity index (χ4v) is 4.39. The lowest BCUT2D eigenvalue weighted by atomic mass is 9.88. The lowest BCUT2D eigenvalue weighted by molar-refractivity contribution is -0.137. The van der Waals surface area contributed by atoms with Gasteiger partial charge in [-0.05, 0) is 53.6 Å². The minimum absolute atomic E-state index is 0.0362. The number of rotatable bonds is 9. The van der Waals surface area contributed by atoms with E-state index in [-0.39, 0.29) is 12.3 Å². The minimum Gasteiger partial charge on any atom is -0.493 e. The predicted molar refractivity (Wildman–Crippen MR) is 137 cm³/mol. The van der Waals surface area contributed by atoms with Gasteiger partial charge in [0.25, 0.3) is 0 Å². The Morgan fingerprint density at radius 1 is 1.11 bits per heavy atom. The van der Waals surface area contributed by atoms with Crippen molar-refractivity contribution in [2.24, 2.45) is 0 Å². The van der Waals surface area contributed by atoms with Crippen LogP contribution in [-0.2, 0) is 11.2 Å². The van der Waals surface area contributed by atoms with Crippen molar-refractivity contribution in [3.05, 3.63) is 95.9 Å². The number of fused-ring (bicyclic) bond motifs is 2. The maximum atomic E-state index is 11.8. The number of hydrogen-bond acceptors (Lipinski definition) is 5. The number of H-pyrrole nitrogens is 1. The Morgan fingerprint density at radius 3 is 2.86 bits per heavy atom. The average molecular weight is 467 g/mol. The highest BCUT2D eigenvalue weighted by Crippen LogP contribution is 2.35. The molecule has 3 N–H and O–H groups in total. The van der Waals surface area contributed by atoms with Crippen molar-refractivity contribution in [3.63, 3.8) is 0 Å². The molecule has 0 saturated carbocycles. The Kier molecular flexibility index (Phi) is 6.30. The summed E-state index contributed by atoms with van der Waals surface area (Å²) in [5.41, 5.74) is 4.54. The number of carbonyl (C=O) groups is 1. The van der Waals surface area contributed by atoms with Gasteiger partial charge in [-0.3, -0.25) is 9.78 Å². The minimum atomic E-state index is -0.860. The van der Waals surface area contributed by atoms with Gasteiger partial charge < -0.3 is 20.1 Å². The number of carboxylic acid groups (broad SMARTS) is 1. The molecule has 0 spiro atoms. The zero-order valence-corrected chi connectivity index (χ0v) is 19.4.